The van der Waals surface area contributed by atoms with Crippen molar-refractivity contribution in [2.24, 2.45) is 0 Å². The molecular formula is C13H17BrFN. The minimum Gasteiger partial charge on any atom is -0.314 e. The van der Waals surface area contributed by atoms with Crippen LogP contribution in [0.4, 0.5) is 4.39 Å². The normalized spacial score (nSPS) is 21.1. The molecule has 2 rings (SSSR count). The van der Waals surface area contributed by atoms with Crippen molar-refractivity contribution >= 4 is 15.9 Å². The molecule has 16 heavy (non-hydrogen) atoms. The van der Waals surface area contributed by atoms with Gasteiger partial charge in [0.1, 0.15) is 5.82 Å². The zero-order valence-corrected chi connectivity index (χ0v) is 11.1. The van der Waals surface area contributed by atoms with Gasteiger partial charge in [-0.1, -0.05) is 22.4 Å². The summed E-state index contributed by atoms with van der Waals surface area (Å²) in [4.78, 5) is 0. The van der Waals surface area contributed by atoms with E-state index in [1.54, 1.807) is 6.07 Å². The number of hydrogen-bond acceptors (Lipinski definition) is 1. The maximum absolute atomic E-state index is 13.7. The van der Waals surface area contributed by atoms with Crippen molar-refractivity contribution in [2.75, 3.05) is 6.54 Å². The summed E-state index contributed by atoms with van der Waals surface area (Å²) in [5, 5.41) is 3.45. The molecule has 1 fully saturated rings. The van der Waals surface area contributed by atoms with E-state index in [9.17, 15) is 4.39 Å². The number of benzene rings is 1. The maximum atomic E-state index is 13.7. The van der Waals surface area contributed by atoms with Gasteiger partial charge in [0.2, 0.25) is 0 Å². The molecule has 3 heteroatoms. The average Bonchev–Trinajstić information content (AvgIpc) is 2.27. The highest BCUT2D eigenvalue weighted by Gasteiger charge is 2.15. The molecule has 1 aliphatic rings. The van der Waals surface area contributed by atoms with E-state index in [0.717, 1.165) is 35.0 Å². The topological polar surface area (TPSA) is 12.0 Å². The molecule has 0 bridgehead atoms. The van der Waals surface area contributed by atoms with Crippen LogP contribution in [0.1, 0.15) is 30.4 Å². The second-order valence-corrected chi connectivity index (χ2v) is 5.40. The largest absolute Gasteiger partial charge is 0.314 e. The molecule has 1 N–H and O–H groups in total. The molecule has 88 valence electrons. The molecule has 1 aromatic carbocycles. The Bertz CT molecular complexity index is 372. The van der Waals surface area contributed by atoms with Crippen LogP contribution >= 0.6 is 15.9 Å². The maximum Gasteiger partial charge on any atom is 0.126 e. The molecular weight excluding hydrogens is 269 g/mol. The quantitative estimate of drug-likeness (QED) is 0.876. The number of piperidine rings is 1. The van der Waals surface area contributed by atoms with Crippen LogP contribution in [0.15, 0.2) is 16.6 Å². The highest BCUT2D eigenvalue weighted by molar-refractivity contribution is 9.10. The molecule has 1 heterocycles. The van der Waals surface area contributed by atoms with E-state index in [2.05, 4.69) is 21.2 Å². The Morgan fingerprint density at radius 1 is 1.44 bits per heavy atom. The molecule has 1 atom stereocenters. The second kappa shape index (κ2) is 5.28. The molecule has 1 saturated heterocycles. The first-order chi connectivity index (χ1) is 7.66. The van der Waals surface area contributed by atoms with Gasteiger partial charge in [0.25, 0.3) is 0 Å². The van der Waals surface area contributed by atoms with E-state index >= 15 is 0 Å². The number of aryl methyl sites for hydroxylation is 1. The lowest BCUT2D eigenvalue weighted by atomic mass is 9.97. The van der Waals surface area contributed by atoms with E-state index in [1.165, 1.54) is 12.8 Å². The zero-order chi connectivity index (χ0) is 11.5. The number of hydrogen-bond donors (Lipinski definition) is 1. The molecule has 1 nitrogen and oxygen atoms in total. The molecule has 0 aromatic heterocycles. The molecule has 1 unspecified atom stereocenters. The van der Waals surface area contributed by atoms with Crippen LogP contribution in [0.25, 0.3) is 0 Å². The van der Waals surface area contributed by atoms with Crippen molar-refractivity contribution in [3.63, 3.8) is 0 Å². The van der Waals surface area contributed by atoms with Gasteiger partial charge in [-0.2, -0.15) is 0 Å². The van der Waals surface area contributed by atoms with Crippen molar-refractivity contribution < 1.29 is 4.39 Å². The smallest absolute Gasteiger partial charge is 0.126 e. The molecule has 1 aliphatic heterocycles. The summed E-state index contributed by atoms with van der Waals surface area (Å²) in [6.45, 7) is 2.98. The Balaban J connectivity index is 2.11. The predicted octanol–water partition coefficient (Wildman–Crippen LogP) is 3.58. The fourth-order valence-corrected chi connectivity index (χ4v) is 2.60. The fraction of sp³-hybridized carbons (Fsp3) is 0.538. The van der Waals surface area contributed by atoms with E-state index in [4.69, 9.17) is 0 Å². The van der Waals surface area contributed by atoms with Gasteiger partial charge >= 0.3 is 0 Å². The molecule has 0 saturated carbocycles. The summed E-state index contributed by atoms with van der Waals surface area (Å²) >= 11 is 3.46. The summed E-state index contributed by atoms with van der Waals surface area (Å²) in [6, 6.07) is 3.97. The first kappa shape index (κ1) is 12.1. The monoisotopic (exact) mass is 285 g/mol. The highest BCUT2D eigenvalue weighted by atomic mass is 79.9. The summed E-state index contributed by atoms with van der Waals surface area (Å²) in [7, 11) is 0. The molecule has 0 aliphatic carbocycles. The average molecular weight is 286 g/mol. The van der Waals surface area contributed by atoms with E-state index < -0.39 is 0 Å². The van der Waals surface area contributed by atoms with Crippen LogP contribution in [0.3, 0.4) is 0 Å². The zero-order valence-electron chi connectivity index (χ0n) is 9.52. The molecule has 0 spiro atoms. The van der Waals surface area contributed by atoms with Gasteiger partial charge in [-0.3, -0.25) is 0 Å². The van der Waals surface area contributed by atoms with E-state index in [0.29, 0.717) is 6.04 Å². The second-order valence-electron chi connectivity index (χ2n) is 4.54. The molecule has 1 aromatic rings. The standard InChI is InChI=1S/C13H17BrFN/c1-9-6-13(15)10(8-12(9)14)7-11-4-2-3-5-16-11/h6,8,11,16H,2-5,7H2,1H3. The minimum absolute atomic E-state index is 0.0759. The van der Waals surface area contributed by atoms with Crippen molar-refractivity contribution in [1.82, 2.24) is 5.32 Å². The summed E-state index contributed by atoms with van der Waals surface area (Å²) in [5.74, 6) is -0.0759. The van der Waals surface area contributed by atoms with E-state index in [1.807, 2.05) is 13.0 Å². The first-order valence-corrected chi connectivity index (χ1v) is 6.64. The molecule has 0 amide bonds. The van der Waals surface area contributed by atoms with Crippen LogP contribution in [-0.4, -0.2) is 12.6 Å². The van der Waals surface area contributed by atoms with Gasteiger partial charge in [0, 0.05) is 10.5 Å². The van der Waals surface area contributed by atoms with Gasteiger partial charge < -0.3 is 5.32 Å². The summed E-state index contributed by atoms with van der Waals surface area (Å²) in [6.07, 6.45) is 4.46. The lowest BCUT2D eigenvalue weighted by Gasteiger charge is -2.23. The van der Waals surface area contributed by atoms with Gasteiger partial charge in [-0.25, -0.2) is 4.39 Å². The van der Waals surface area contributed by atoms with Crippen LogP contribution < -0.4 is 5.32 Å². The minimum atomic E-state index is -0.0759. The number of nitrogens with one attached hydrogen (secondary N) is 1. The first-order valence-electron chi connectivity index (χ1n) is 5.84. The number of halogens is 2. The van der Waals surface area contributed by atoms with E-state index in [-0.39, 0.29) is 5.82 Å². The predicted molar refractivity (Wildman–Crippen MR) is 68.2 cm³/mol. The third kappa shape index (κ3) is 2.83. The lowest BCUT2D eigenvalue weighted by Crippen LogP contribution is -2.35. The third-order valence-corrected chi connectivity index (χ3v) is 4.06. The summed E-state index contributed by atoms with van der Waals surface area (Å²) < 4.78 is 14.7. The Hall–Kier alpha value is -0.410. The SMILES string of the molecule is Cc1cc(F)c(CC2CCCCN2)cc1Br. The lowest BCUT2D eigenvalue weighted by molar-refractivity contribution is 0.395. The van der Waals surface area contributed by atoms with Gasteiger partial charge in [-0.05, 0) is 56.0 Å². The van der Waals surface area contributed by atoms with Crippen molar-refractivity contribution in [2.45, 2.75) is 38.6 Å². The van der Waals surface area contributed by atoms with Gasteiger partial charge in [0.05, 0.1) is 0 Å². The van der Waals surface area contributed by atoms with Gasteiger partial charge in [0.15, 0.2) is 0 Å². The van der Waals surface area contributed by atoms with Crippen molar-refractivity contribution in [1.29, 1.82) is 0 Å². The number of rotatable bonds is 2. The van der Waals surface area contributed by atoms with Crippen LogP contribution in [0, 0.1) is 12.7 Å². The van der Waals surface area contributed by atoms with Crippen LogP contribution in [0.5, 0.6) is 0 Å². The van der Waals surface area contributed by atoms with Crippen molar-refractivity contribution in [3.05, 3.63) is 33.5 Å². The summed E-state index contributed by atoms with van der Waals surface area (Å²) in [5.41, 5.74) is 1.77. The van der Waals surface area contributed by atoms with Crippen LogP contribution in [-0.2, 0) is 6.42 Å². The fourth-order valence-electron chi connectivity index (χ4n) is 2.21. The van der Waals surface area contributed by atoms with Crippen LogP contribution in [0.2, 0.25) is 0 Å². The van der Waals surface area contributed by atoms with Gasteiger partial charge in [-0.15, -0.1) is 0 Å². The molecule has 0 radical (unpaired) electrons. The Kier molecular flexibility index (Phi) is 3.98. The Morgan fingerprint density at radius 3 is 2.94 bits per heavy atom. The Labute approximate surface area is 105 Å². The van der Waals surface area contributed by atoms with Crippen molar-refractivity contribution in [3.8, 4) is 0 Å². The third-order valence-electron chi connectivity index (χ3n) is 3.21. The highest BCUT2D eigenvalue weighted by Crippen LogP contribution is 2.23. The Morgan fingerprint density at radius 2 is 2.25 bits per heavy atom.